The Hall–Kier alpha value is -2.27. The van der Waals surface area contributed by atoms with E-state index in [9.17, 15) is 13.6 Å². The van der Waals surface area contributed by atoms with Crippen molar-refractivity contribution in [1.29, 1.82) is 0 Å². The molecule has 116 valence electrons. The van der Waals surface area contributed by atoms with Crippen LogP contribution in [0.5, 0.6) is 0 Å². The van der Waals surface area contributed by atoms with Crippen LogP contribution in [-0.2, 0) is 6.54 Å². The summed E-state index contributed by atoms with van der Waals surface area (Å²) in [5, 5.41) is 2.78. The molecule has 2 aromatic rings. The third-order valence-electron chi connectivity index (χ3n) is 3.53. The van der Waals surface area contributed by atoms with Crippen LogP contribution in [0.2, 0.25) is 0 Å². The smallest absolute Gasteiger partial charge is 0.251 e. The van der Waals surface area contributed by atoms with Crippen LogP contribution in [-0.4, -0.2) is 12.5 Å². The second-order valence-corrected chi connectivity index (χ2v) is 5.19. The fourth-order valence-corrected chi connectivity index (χ4v) is 2.08. The van der Waals surface area contributed by atoms with Crippen LogP contribution >= 0.6 is 0 Å². The maximum absolute atomic E-state index is 13.2. The molecule has 2 aromatic carbocycles. The van der Waals surface area contributed by atoms with Crippen LogP contribution in [0.25, 0.3) is 0 Å². The van der Waals surface area contributed by atoms with E-state index in [1.807, 2.05) is 6.92 Å². The highest BCUT2D eigenvalue weighted by Gasteiger charge is 2.11. The fourth-order valence-electron chi connectivity index (χ4n) is 2.08. The maximum atomic E-state index is 13.2. The third kappa shape index (κ3) is 3.89. The van der Waals surface area contributed by atoms with E-state index >= 15 is 0 Å². The number of benzene rings is 2. The zero-order valence-electron chi connectivity index (χ0n) is 12.3. The molecule has 3 N–H and O–H groups in total. The third-order valence-corrected chi connectivity index (χ3v) is 3.53. The Kier molecular flexibility index (Phi) is 5.22. The summed E-state index contributed by atoms with van der Waals surface area (Å²) in [5.74, 6) is -2.09. The number of halogens is 2. The largest absolute Gasteiger partial charge is 0.351 e. The molecular formula is C17H18F2N2O. The molecule has 3 nitrogen and oxygen atoms in total. The second-order valence-electron chi connectivity index (χ2n) is 5.19. The monoisotopic (exact) mass is 304 g/mol. The Bertz CT molecular complexity index is 656. The Morgan fingerprint density at radius 1 is 1.14 bits per heavy atom. The van der Waals surface area contributed by atoms with Crippen molar-refractivity contribution in [2.75, 3.05) is 6.54 Å². The van der Waals surface area contributed by atoms with Crippen LogP contribution in [0.15, 0.2) is 42.5 Å². The van der Waals surface area contributed by atoms with Crippen molar-refractivity contribution in [3.05, 3.63) is 70.8 Å². The average molecular weight is 304 g/mol. The van der Waals surface area contributed by atoms with E-state index in [4.69, 9.17) is 5.73 Å². The first-order valence-corrected chi connectivity index (χ1v) is 7.03. The van der Waals surface area contributed by atoms with Crippen molar-refractivity contribution in [3.63, 3.8) is 0 Å². The summed E-state index contributed by atoms with van der Waals surface area (Å²) in [5.41, 5.74) is 7.63. The number of hydrogen-bond donors (Lipinski definition) is 2. The van der Waals surface area contributed by atoms with E-state index in [2.05, 4.69) is 5.32 Å². The first-order valence-electron chi connectivity index (χ1n) is 7.03. The molecule has 0 bridgehead atoms. The lowest BCUT2D eigenvalue weighted by Gasteiger charge is -2.13. The van der Waals surface area contributed by atoms with Crippen molar-refractivity contribution < 1.29 is 13.6 Å². The van der Waals surface area contributed by atoms with E-state index in [-0.39, 0.29) is 11.8 Å². The van der Waals surface area contributed by atoms with Gasteiger partial charge in [-0.3, -0.25) is 4.79 Å². The van der Waals surface area contributed by atoms with Crippen molar-refractivity contribution in [2.24, 2.45) is 5.73 Å². The highest BCUT2D eigenvalue weighted by Crippen LogP contribution is 2.17. The fraction of sp³-hybridized carbons (Fsp3) is 0.235. The van der Waals surface area contributed by atoms with Gasteiger partial charge in [-0.1, -0.05) is 25.1 Å². The number of nitrogens with two attached hydrogens (primary N) is 1. The first kappa shape index (κ1) is 16.1. The summed E-state index contributed by atoms with van der Waals surface area (Å²) in [4.78, 5) is 12.0. The molecule has 22 heavy (non-hydrogen) atoms. The quantitative estimate of drug-likeness (QED) is 0.892. The number of carbonyl (C=O) groups is 1. The minimum absolute atomic E-state index is 0.123. The van der Waals surface area contributed by atoms with Gasteiger partial charge in [0.2, 0.25) is 0 Å². The van der Waals surface area contributed by atoms with E-state index in [1.165, 1.54) is 6.07 Å². The van der Waals surface area contributed by atoms with Gasteiger partial charge in [-0.2, -0.15) is 0 Å². The minimum Gasteiger partial charge on any atom is -0.351 e. The average Bonchev–Trinajstić information content (AvgIpc) is 2.54. The van der Waals surface area contributed by atoms with Crippen molar-refractivity contribution in [1.82, 2.24) is 5.32 Å². The van der Waals surface area contributed by atoms with Crippen molar-refractivity contribution in [2.45, 2.75) is 19.4 Å². The molecule has 2 rings (SSSR count). The molecular weight excluding hydrogens is 286 g/mol. The molecule has 0 heterocycles. The van der Waals surface area contributed by atoms with Crippen LogP contribution < -0.4 is 11.1 Å². The van der Waals surface area contributed by atoms with Gasteiger partial charge in [-0.25, -0.2) is 8.78 Å². The highest BCUT2D eigenvalue weighted by atomic mass is 19.2. The Morgan fingerprint density at radius 3 is 2.41 bits per heavy atom. The molecule has 0 aliphatic heterocycles. The van der Waals surface area contributed by atoms with Crippen LogP contribution in [0.1, 0.15) is 34.3 Å². The Labute approximate surface area is 128 Å². The number of hydrogen-bond acceptors (Lipinski definition) is 2. The summed E-state index contributed by atoms with van der Waals surface area (Å²) < 4.78 is 26.1. The predicted molar refractivity (Wildman–Crippen MR) is 81.4 cm³/mol. The molecule has 0 saturated carbocycles. The van der Waals surface area contributed by atoms with Gasteiger partial charge in [0.1, 0.15) is 0 Å². The van der Waals surface area contributed by atoms with Crippen LogP contribution in [0.3, 0.4) is 0 Å². The van der Waals surface area contributed by atoms with Crippen LogP contribution in [0, 0.1) is 11.6 Å². The van der Waals surface area contributed by atoms with E-state index in [0.717, 1.165) is 17.7 Å². The molecule has 0 aliphatic rings. The van der Waals surface area contributed by atoms with Gasteiger partial charge in [-0.05, 0) is 41.3 Å². The topological polar surface area (TPSA) is 55.1 Å². The van der Waals surface area contributed by atoms with Gasteiger partial charge < -0.3 is 11.1 Å². The van der Waals surface area contributed by atoms with E-state index in [0.29, 0.717) is 24.2 Å². The van der Waals surface area contributed by atoms with Crippen LogP contribution in [0.4, 0.5) is 8.78 Å². The first-order chi connectivity index (χ1) is 10.5. The van der Waals surface area contributed by atoms with Crippen molar-refractivity contribution in [3.8, 4) is 0 Å². The summed E-state index contributed by atoms with van der Waals surface area (Å²) >= 11 is 0. The summed E-state index contributed by atoms with van der Waals surface area (Å²) in [7, 11) is 0. The molecule has 5 heteroatoms. The number of amides is 1. The molecule has 0 aromatic heterocycles. The molecule has 0 saturated heterocycles. The van der Waals surface area contributed by atoms with Gasteiger partial charge >= 0.3 is 0 Å². The zero-order valence-corrected chi connectivity index (χ0v) is 12.3. The summed E-state index contributed by atoms with van der Waals surface area (Å²) in [6.07, 6.45) is 0. The number of nitrogens with one attached hydrogen (secondary N) is 1. The normalized spacial score (nSPS) is 12.0. The SMILES string of the molecule is C[C@@H](CNC(=O)c1ccc(CN)cc1)c1ccc(F)c(F)c1. The predicted octanol–water partition coefficient (Wildman–Crippen LogP) is 2.96. The van der Waals surface area contributed by atoms with Gasteiger partial charge in [0, 0.05) is 18.7 Å². The number of rotatable bonds is 5. The van der Waals surface area contributed by atoms with E-state index < -0.39 is 11.6 Å². The van der Waals surface area contributed by atoms with Gasteiger partial charge in [-0.15, -0.1) is 0 Å². The molecule has 1 atom stereocenters. The summed E-state index contributed by atoms with van der Waals surface area (Å²) in [6, 6.07) is 10.8. The van der Waals surface area contributed by atoms with Crippen molar-refractivity contribution >= 4 is 5.91 Å². The lowest BCUT2D eigenvalue weighted by atomic mass is 10.0. The highest BCUT2D eigenvalue weighted by molar-refractivity contribution is 5.94. The standard InChI is InChI=1S/C17H18F2N2O/c1-11(14-6-7-15(18)16(19)8-14)10-21-17(22)13-4-2-12(9-20)3-5-13/h2-8,11H,9-10,20H2,1H3,(H,21,22)/t11-/m0/s1. The lowest BCUT2D eigenvalue weighted by molar-refractivity contribution is 0.0951. The minimum atomic E-state index is -0.881. The molecule has 0 unspecified atom stereocenters. The number of carbonyl (C=O) groups excluding carboxylic acids is 1. The zero-order chi connectivity index (χ0) is 16.1. The maximum Gasteiger partial charge on any atom is 0.251 e. The molecule has 0 aliphatic carbocycles. The Balaban J connectivity index is 1.95. The van der Waals surface area contributed by atoms with Gasteiger partial charge in [0.05, 0.1) is 0 Å². The Morgan fingerprint density at radius 2 is 1.82 bits per heavy atom. The molecule has 0 radical (unpaired) electrons. The van der Waals surface area contributed by atoms with Gasteiger partial charge in [0.15, 0.2) is 11.6 Å². The lowest BCUT2D eigenvalue weighted by Crippen LogP contribution is -2.27. The second kappa shape index (κ2) is 7.13. The molecule has 1 amide bonds. The summed E-state index contributed by atoms with van der Waals surface area (Å²) in [6.45, 7) is 2.60. The van der Waals surface area contributed by atoms with Gasteiger partial charge in [0.25, 0.3) is 5.91 Å². The van der Waals surface area contributed by atoms with E-state index in [1.54, 1.807) is 24.3 Å². The molecule has 0 spiro atoms. The molecule has 0 fully saturated rings.